The number of hydrogen-bond donors (Lipinski definition) is 2. The van der Waals surface area contributed by atoms with Crippen LogP contribution in [0.2, 0.25) is 5.02 Å². The molecule has 2 aliphatic rings. The number of cyclic esters (lactones) is 2. The monoisotopic (exact) mass is 1030 g/mol. The zero-order chi connectivity index (χ0) is 52.0. The number of methoxy groups -OCH3 is 1. The number of hydrogen-bond acceptors (Lipinski definition) is 16. The average molecular weight is 1030 g/mol. The van der Waals surface area contributed by atoms with Crippen molar-refractivity contribution in [3.8, 4) is 5.75 Å². The number of nitrogens with one attached hydrogen (secondary N) is 2. The molecule has 0 saturated carbocycles. The maximum absolute atomic E-state index is 13.9. The molecule has 3 aromatic rings. The van der Waals surface area contributed by atoms with Crippen LogP contribution in [0.3, 0.4) is 0 Å². The molecule has 396 valence electrons. The van der Waals surface area contributed by atoms with Gasteiger partial charge in [-0.2, -0.15) is 0 Å². The van der Waals surface area contributed by atoms with Gasteiger partial charge in [0.25, 0.3) is 0 Å². The summed E-state index contributed by atoms with van der Waals surface area (Å²) >= 11 is 6.38. The lowest BCUT2D eigenvalue weighted by Gasteiger charge is -2.29. The van der Waals surface area contributed by atoms with Crippen LogP contribution in [0, 0.1) is 17.3 Å². The molecule has 0 radical (unpaired) electrons. The SMILES string of the molecule is COc1ccc(C[C@H]2NC(=O)/C=C/C[C@@H]([C@H](C)[C@H]3O[C@@H]3c3ccc(Cn4cc(COCCOCCOCCOCCOCCC(C)=O)nn4)cc3)OC(=O)[C@H](CC(C)C)OC(=O)C(C)(C)CNC2=O)cc1Cl. The third-order valence-electron chi connectivity index (χ3n) is 11.9. The topological polar surface area (TPSA) is 226 Å². The minimum atomic E-state index is -1.24. The second kappa shape index (κ2) is 29.4. The minimum Gasteiger partial charge on any atom is -0.495 e. The standard InChI is InChI=1S/C52H72ClN5O14/c1-34(2)27-45-50(62)70-43(9-8-10-46(60)55-42(29-38-13-16-44(64-7)41(53)28-38)49(61)54-33-52(5,6)51(63)71-45)36(4)47-48(72-47)39-14-11-37(12-15-39)30-58-31-40(56-57-58)32-69-26-25-68-24-23-67-22-21-66-20-19-65-18-17-35(3)59/h8,10-16,28,31,34,36,42-43,45,47-48H,9,17-27,29-30,32-33H2,1-7H3,(H,54,61)(H,55,60)/b10-8+/t36-,42+,43-,45-,47+,48+/m0/s1. The summed E-state index contributed by atoms with van der Waals surface area (Å²) in [6, 6.07) is 12.1. The van der Waals surface area contributed by atoms with E-state index in [1.165, 1.54) is 20.1 Å². The zero-order valence-electron chi connectivity index (χ0n) is 42.6. The predicted molar refractivity (Wildman–Crippen MR) is 264 cm³/mol. The number of aromatic nitrogens is 3. The number of ether oxygens (including phenoxy) is 9. The van der Waals surface area contributed by atoms with Crippen molar-refractivity contribution < 1.29 is 66.6 Å². The van der Waals surface area contributed by atoms with E-state index in [0.717, 1.165) is 11.1 Å². The first-order chi connectivity index (χ1) is 34.5. The maximum atomic E-state index is 13.9. The fraction of sp³-hybridized carbons (Fsp3) is 0.596. The molecule has 2 aliphatic heterocycles. The van der Waals surface area contributed by atoms with Gasteiger partial charge in [-0.3, -0.25) is 19.2 Å². The molecule has 72 heavy (non-hydrogen) atoms. The Morgan fingerprint density at radius 1 is 0.875 bits per heavy atom. The molecule has 0 unspecified atom stereocenters. The largest absolute Gasteiger partial charge is 0.495 e. The molecular weight excluding hydrogens is 954 g/mol. The Labute approximate surface area is 427 Å². The van der Waals surface area contributed by atoms with E-state index in [1.54, 1.807) is 42.8 Å². The van der Waals surface area contributed by atoms with Gasteiger partial charge in [0.05, 0.1) is 102 Å². The summed E-state index contributed by atoms with van der Waals surface area (Å²) in [5.41, 5.74) is 2.06. The van der Waals surface area contributed by atoms with Gasteiger partial charge < -0.3 is 53.3 Å². The number of esters is 2. The minimum absolute atomic E-state index is 0.0225. The number of benzene rings is 2. The molecule has 2 N–H and O–H groups in total. The first-order valence-electron chi connectivity index (χ1n) is 24.5. The highest BCUT2D eigenvalue weighted by Crippen LogP contribution is 2.45. The van der Waals surface area contributed by atoms with Crippen molar-refractivity contribution in [1.82, 2.24) is 25.6 Å². The van der Waals surface area contributed by atoms with Gasteiger partial charge in [-0.25, -0.2) is 9.48 Å². The third-order valence-corrected chi connectivity index (χ3v) is 12.1. The zero-order valence-corrected chi connectivity index (χ0v) is 43.3. The quantitative estimate of drug-likeness (QED) is 0.0559. The van der Waals surface area contributed by atoms with Crippen molar-refractivity contribution in [3.63, 3.8) is 0 Å². The van der Waals surface area contributed by atoms with Gasteiger partial charge in [-0.1, -0.05) is 74.0 Å². The summed E-state index contributed by atoms with van der Waals surface area (Å²) in [6.45, 7) is 15.0. The van der Waals surface area contributed by atoms with E-state index >= 15 is 0 Å². The number of rotatable bonds is 27. The summed E-state index contributed by atoms with van der Waals surface area (Å²) in [5, 5.41) is 14.4. The Kier molecular flexibility index (Phi) is 23.5. The van der Waals surface area contributed by atoms with E-state index in [4.69, 9.17) is 54.2 Å². The van der Waals surface area contributed by atoms with Crippen LogP contribution in [-0.2, 0) is 81.4 Å². The number of amides is 2. The number of carbonyl (C=O) groups excluding carboxylic acids is 5. The summed E-state index contributed by atoms with van der Waals surface area (Å²) in [5.74, 6) is -2.23. The lowest BCUT2D eigenvalue weighted by atomic mass is 9.92. The predicted octanol–water partition coefficient (Wildman–Crippen LogP) is 5.33. The lowest BCUT2D eigenvalue weighted by molar-refractivity contribution is -0.179. The van der Waals surface area contributed by atoms with Gasteiger partial charge in [0.1, 0.15) is 35.5 Å². The molecule has 1 fully saturated rings. The molecule has 0 bridgehead atoms. The Bertz CT molecular complexity index is 2240. The highest BCUT2D eigenvalue weighted by Gasteiger charge is 2.48. The van der Waals surface area contributed by atoms with E-state index in [-0.39, 0.29) is 62.2 Å². The van der Waals surface area contributed by atoms with Crippen molar-refractivity contribution >= 4 is 41.1 Å². The van der Waals surface area contributed by atoms with Crippen LogP contribution in [0.15, 0.2) is 60.8 Å². The molecule has 0 spiro atoms. The fourth-order valence-corrected chi connectivity index (χ4v) is 7.86. The van der Waals surface area contributed by atoms with Gasteiger partial charge >= 0.3 is 11.9 Å². The van der Waals surface area contributed by atoms with Gasteiger partial charge in [-0.05, 0) is 68.0 Å². The normalized spacial score (nSPS) is 21.6. The maximum Gasteiger partial charge on any atom is 0.347 e. The van der Waals surface area contributed by atoms with Crippen LogP contribution in [0.4, 0.5) is 0 Å². The van der Waals surface area contributed by atoms with Crippen molar-refractivity contribution in [2.24, 2.45) is 17.3 Å². The highest BCUT2D eigenvalue weighted by molar-refractivity contribution is 6.32. The number of epoxide rings is 1. The number of nitrogens with zero attached hydrogens (tertiary/aromatic N) is 3. The molecular formula is C52H72ClN5O14. The summed E-state index contributed by atoms with van der Waals surface area (Å²) in [6.07, 6.45) is 3.07. The van der Waals surface area contributed by atoms with Gasteiger partial charge in [0, 0.05) is 31.7 Å². The molecule has 6 atom stereocenters. The van der Waals surface area contributed by atoms with Gasteiger partial charge in [-0.15, -0.1) is 5.10 Å². The fourth-order valence-electron chi connectivity index (χ4n) is 7.58. The molecule has 1 saturated heterocycles. The molecule has 19 nitrogen and oxygen atoms in total. The number of ketones is 1. The molecule has 2 aromatic carbocycles. The Balaban J connectivity index is 1.11. The lowest BCUT2D eigenvalue weighted by Crippen LogP contribution is -2.51. The Hall–Kier alpha value is -5.28. The van der Waals surface area contributed by atoms with Crippen molar-refractivity contribution in [1.29, 1.82) is 0 Å². The second-order valence-corrected chi connectivity index (χ2v) is 19.4. The smallest absolute Gasteiger partial charge is 0.347 e. The highest BCUT2D eigenvalue weighted by atomic mass is 35.5. The summed E-state index contributed by atoms with van der Waals surface area (Å²) in [4.78, 5) is 65.5. The first kappa shape index (κ1) is 57.6. The van der Waals surface area contributed by atoms with E-state index in [9.17, 15) is 24.0 Å². The van der Waals surface area contributed by atoms with Crippen LogP contribution >= 0.6 is 11.6 Å². The molecule has 0 aliphatic carbocycles. The van der Waals surface area contributed by atoms with Crippen LogP contribution in [0.25, 0.3) is 0 Å². The number of carbonyl (C=O) groups is 5. The van der Waals surface area contributed by atoms with Crippen LogP contribution in [-0.4, -0.2) is 142 Å². The summed E-state index contributed by atoms with van der Waals surface area (Å²) in [7, 11) is 1.50. The van der Waals surface area contributed by atoms with Crippen LogP contribution < -0.4 is 15.4 Å². The van der Waals surface area contributed by atoms with Crippen molar-refractivity contribution in [2.45, 2.75) is 111 Å². The van der Waals surface area contributed by atoms with E-state index in [1.807, 2.05) is 51.2 Å². The van der Waals surface area contributed by atoms with Crippen molar-refractivity contribution in [2.75, 3.05) is 73.1 Å². The number of halogens is 1. The first-order valence-corrected chi connectivity index (χ1v) is 24.9. The van der Waals surface area contributed by atoms with Crippen molar-refractivity contribution in [3.05, 3.63) is 88.2 Å². The van der Waals surface area contributed by atoms with Crippen LogP contribution in [0.5, 0.6) is 5.75 Å². The summed E-state index contributed by atoms with van der Waals surface area (Å²) < 4.78 is 52.8. The van der Waals surface area contributed by atoms with E-state index < -0.39 is 47.4 Å². The Morgan fingerprint density at radius 2 is 1.51 bits per heavy atom. The van der Waals surface area contributed by atoms with E-state index in [0.29, 0.717) is 94.5 Å². The molecule has 3 heterocycles. The molecule has 2 amide bonds. The molecule has 5 rings (SSSR count). The van der Waals surface area contributed by atoms with E-state index in [2.05, 4.69) is 20.9 Å². The van der Waals surface area contributed by atoms with Gasteiger partial charge in [0.15, 0.2) is 6.10 Å². The Morgan fingerprint density at radius 3 is 2.14 bits per heavy atom. The van der Waals surface area contributed by atoms with Gasteiger partial charge in [0.2, 0.25) is 11.8 Å². The number of Topliss-reactive ketones (excluding diaryl/α,β-unsaturated/α-hetero) is 1. The molecule has 20 heteroatoms. The second-order valence-electron chi connectivity index (χ2n) is 19.0. The average Bonchev–Trinajstić information content (AvgIpc) is 4.02. The third kappa shape index (κ3) is 19.6. The van der Waals surface area contributed by atoms with Crippen LogP contribution in [0.1, 0.15) is 89.3 Å². The molecule has 1 aromatic heterocycles.